The number of anilines is 2. The zero-order chi connectivity index (χ0) is 24.6. The summed E-state index contributed by atoms with van der Waals surface area (Å²) in [6.45, 7) is 1.38. The number of nitrogens with zero attached hydrogens (tertiary/aromatic N) is 1. The van der Waals surface area contributed by atoms with Gasteiger partial charge in [0.05, 0.1) is 7.11 Å². The van der Waals surface area contributed by atoms with E-state index in [-0.39, 0.29) is 18.4 Å². The van der Waals surface area contributed by atoms with Crippen LogP contribution in [-0.2, 0) is 9.53 Å². The van der Waals surface area contributed by atoms with Gasteiger partial charge in [0.25, 0.3) is 11.8 Å². The van der Waals surface area contributed by atoms with Gasteiger partial charge in [-0.3, -0.25) is 14.9 Å². The van der Waals surface area contributed by atoms with Crippen LogP contribution in [0.1, 0.15) is 28.9 Å². The maximum absolute atomic E-state index is 13.2. The van der Waals surface area contributed by atoms with Crippen molar-refractivity contribution in [3.05, 3.63) is 65.5 Å². The number of piperidine rings is 1. The van der Waals surface area contributed by atoms with Gasteiger partial charge in [-0.05, 0) is 55.2 Å². The number of methoxy groups -OCH3 is 1. The number of likely N-dealkylation sites (tertiary alicyclic amines) is 1. The van der Waals surface area contributed by atoms with Gasteiger partial charge in [-0.15, -0.1) is 11.3 Å². The summed E-state index contributed by atoms with van der Waals surface area (Å²) >= 11 is 1.31. The third-order valence-corrected chi connectivity index (χ3v) is 6.76. The van der Waals surface area contributed by atoms with Crippen LogP contribution in [0.25, 0.3) is 10.4 Å². The van der Waals surface area contributed by atoms with Gasteiger partial charge < -0.3 is 19.7 Å². The lowest BCUT2D eigenvalue weighted by atomic mass is 10.1. The second-order valence-corrected chi connectivity index (χ2v) is 9.10. The van der Waals surface area contributed by atoms with Crippen molar-refractivity contribution in [1.29, 1.82) is 0 Å². The van der Waals surface area contributed by atoms with Crippen molar-refractivity contribution in [2.45, 2.75) is 19.3 Å². The van der Waals surface area contributed by atoms with E-state index in [1.807, 2.05) is 41.3 Å². The van der Waals surface area contributed by atoms with E-state index in [2.05, 4.69) is 15.4 Å². The van der Waals surface area contributed by atoms with E-state index in [1.54, 1.807) is 24.3 Å². The molecule has 0 atom stereocenters. The van der Waals surface area contributed by atoms with Crippen molar-refractivity contribution in [3.8, 4) is 16.2 Å². The molecule has 0 radical (unpaired) electrons. The fourth-order valence-corrected chi connectivity index (χ4v) is 4.75. The third-order valence-electron chi connectivity index (χ3n) is 5.60. The van der Waals surface area contributed by atoms with E-state index in [1.165, 1.54) is 18.4 Å². The number of nitrogens with one attached hydrogen (secondary N) is 2. The van der Waals surface area contributed by atoms with Gasteiger partial charge in [0, 0.05) is 29.3 Å². The van der Waals surface area contributed by atoms with Crippen LogP contribution < -0.4 is 15.4 Å². The molecule has 9 heteroatoms. The van der Waals surface area contributed by atoms with Crippen molar-refractivity contribution in [1.82, 2.24) is 4.90 Å². The minimum Gasteiger partial charge on any atom is -0.482 e. The predicted octanol–water partition coefficient (Wildman–Crippen LogP) is 5.24. The third kappa shape index (κ3) is 6.39. The Morgan fingerprint density at radius 3 is 2.23 bits per heavy atom. The van der Waals surface area contributed by atoms with Gasteiger partial charge in [0.2, 0.25) is 0 Å². The summed E-state index contributed by atoms with van der Waals surface area (Å²) in [5.74, 6) is -0.0378. The van der Waals surface area contributed by atoms with E-state index in [0.29, 0.717) is 22.0 Å². The van der Waals surface area contributed by atoms with E-state index >= 15 is 0 Å². The average Bonchev–Trinajstić information content (AvgIpc) is 3.34. The molecule has 1 saturated heterocycles. The Bertz CT molecular complexity index is 1170. The number of carbonyl (C=O) groups is 3. The first-order chi connectivity index (χ1) is 17.0. The van der Waals surface area contributed by atoms with Crippen molar-refractivity contribution in [2.75, 3.05) is 37.4 Å². The highest BCUT2D eigenvalue weighted by Gasteiger charge is 2.22. The Kier molecular flexibility index (Phi) is 7.99. The zero-order valence-corrected chi connectivity index (χ0v) is 20.2. The minimum atomic E-state index is -0.574. The lowest BCUT2D eigenvalue weighted by Crippen LogP contribution is -2.38. The summed E-state index contributed by atoms with van der Waals surface area (Å²) in [7, 11) is 1.29. The number of hydrogen-bond acceptors (Lipinski definition) is 6. The molecule has 0 bridgehead atoms. The predicted molar refractivity (Wildman–Crippen MR) is 136 cm³/mol. The van der Waals surface area contributed by atoms with Crippen LogP contribution in [0.3, 0.4) is 0 Å². The second kappa shape index (κ2) is 11.5. The van der Waals surface area contributed by atoms with E-state index in [9.17, 15) is 14.4 Å². The molecular formula is C26H27N3O5S. The molecule has 2 heterocycles. The molecular weight excluding hydrogens is 466 g/mol. The Labute approximate surface area is 207 Å². The van der Waals surface area contributed by atoms with Crippen LogP contribution in [0.5, 0.6) is 5.75 Å². The molecule has 2 N–H and O–H groups in total. The smallest absolute Gasteiger partial charge is 0.411 e. The van der Waals surface area contributed by atoms with E-state index in [0.717, 1.165) is 42.8 Å². The molecule has 35 heavy (non-hydrogen) atoms. The van der Waals surface area contributed by atoms with Crippen molar-refractivity contribution in [3.63, 3.8) is 0 Å². The number of thiophene rings is 1. The maximum atomic E-state index is 13.2. The number of amides is 3. The SMILES string of the molecule is COC(=O)Nc1ccc(NC(=O)c2sc(-c3ccccc3)cc2OCC(=O)N2CCCCC2)cc1. The van der Waals surface area contributed by atoms with Gasteiger partial charge in [0.15, 0.2) is 6.61 Å². The van der Waals surface area contributed by atoms with Crippen LogP contribution >= 0.6 is 11.3 Å². The quantitative estimate of drug-likeness (QED) is 0.469. The zero-order valence-electron chi connectivity index (χ0n) is 19.4. The summed E-state index contributed by atoms with van der Waals surface area (Å²) < 4.78 is 10.5. The first-order valence-electron chi connectivity index (χ1n) is 11.4. The first-order valence-corrected chi connectivity index (χ1v) is 12.2. The lowest BCUT2D eigenvalue weighted by Gasteiger charge is -2.26. The normalized spacial score (nSPS) is 13.1. The monoisotopic (exact) mass is 493 g/mol. The van der Waals surface area contributed by atoms with E-state index < -0.39 is 6.09 Å². The molecule has 1 aromatic heterocycles. The summed E-state index contributed by atoms with van der Waals surface area (Å²) in [4.78, 5) is 40.2. The molecule has 2 aromatic carbocycles. The molecule has 1 aliphatic heterocycles. The minimum absolute atomic E-state index is 0.0720. The summed E-state index contributed by atoms with van der Waals surface area (Å²) in [5, 5.41) is 5.42. The number of hydrogen-bond donors (Lipinski definition) is 2. The van der Waals surface area contributed by atoms with Gasteiger partial charge in [-0.1, -0.05) is 30.3 Å². The van der Waals surface area contributed by atoms with Crippen LogP contribution in [0.4, 0.5) is 16.2 Å². The molecule has 0 spiro atoms. The van der Waals surface area contributed by atoms with Crippen LogP contribution in [-0.4, -0.2) is 49.6 Å². The molecule has 182 valence electrons. The van der Waals surface area contributed by atoms with Gasteiger partial charge in [-0.2, -0.15) is 0 Å². The van der Waals surface area contributed by atoms with Crippen LogP contribution in [0, 0.1) is 0 Å². The molecule has 0 aliphatic carbocycles. The second-order valence-electron chi connectivity index (χ2n) is 8.05. The van der Waals surface area contributed by atoms with Crippen molar-refractivity contribution >= 4 is 40.6 Å². The highest BCUT2D eigenvalue weighted by molar-refractivity contribution is 7.17. The van der Waals surface area contributed by atoms with Crippen LogP contribution in [0.2, 0.25) is 0 Å². The average molecular weight is 494 g/mol. The summed E-state index contributed by atoms with van der Waals surface area (Å²) in [5.41, 5.74) is 2.05. The standard InChI is InChI=1S/C26H27N3O5S/c1-33-26(32)28-20-12-10-19(11-13-20)27-25(31)24-21(16-22(35-24)18-8-4-2-5-9-18)34-17-23(30)29-14-6-3-7-15-29/h2,4-5,8-13,16H,3,6-7,14-15,17H2,1H3,(H,27,31)(H,28,32). The molecule has 1 aliphatic rings. The molecule has 1 fully saturated rings. The molecule has 4 rings (SSSR count). The summed E-state index contributed by atoms with van der Waals surface area (Å²) in [6.07, 6.45) is 2.57. The number of ether oxygens (including phenoxy) is 2. The first kappa shape index (κ1) is 24.3. The number of rotatable bonds is 7. The highest BCUT2D eigenvalue weighted by atomic mass is 32.1. The number of carbonyl (C=O) groups excluding carboxylic acids is 3. The van der Waals surface area contributed by atoms with Crippen molar-refractivity contribution in [2.24, 2.45) is 0 Å². The molecule has 3 aromatic rings. The van der Waals surface area contributed by atoms with E-state index in [4.69, 9.17) is 4.74 Å². The molecule has 3 amide bonds. The number of benzene rings is 2. The maximum Gasteiger partial charge on any atom is 0.411 e. The fourth-order valence-electron chi connectivity index (χ4n) is 3.75. The fraction of sp³-hybridized carbons (Fsp3) is 0.269. The topological polar surface area (TPSA) is 97.0 Å². The lowest BCUT2D eigenvalue weighted by molar-refractivity contribution is -0.134. The Morgan fingerprint density at radius 2 is 1.57 bits per heavy atom. The largest absolute Gasteiger partial charge is 0.482 e. The molecule has 8 nitrogen and oxygen atoms in total. The Hall–Kier alpha value is -3.85. The molecule has 0 unspecified atom stereocenters. The highest BCUT2D eigenvalue weighted by Crippen LogP contribution is 2.37. The van der Waals surface area contributed by atoms with Crippen LogP contribution in [0.15, 0.2) is 60.7 Å². The van der Waals surface area contributed by atoms with Crippen molar-refractivity contribution < 1.29 is 23.9 Å². The Morgan fingerprint density at radius 1 is 0.914 bits per heavy atom. The molecule has 0 saturated carbocycles. The van der Waals surface area contributed by atoms with Gasteiger partial charge >= 0.3 is 6.09 Å². The van der Waals surface area contributed by atoms with Gasteiger partial charge in [0.1, 0.15) is 10.6 Å². The van der Waals surface area contributed by atoms with Gasteiger partial charge in [-0.25, -0.2) is 4.79 Å². The summed E-state index contributed by atoms with van der Waals surface area (Å²) in [6, 6.07) is 18.2. The Balaban J connectivity index is 1.50.